The van der Waals surface area contributed by atoms with E-state index >= 15 is 0 Å². The molecule has 0 bridgehead atoms. The lowest BCUT2D eigenvalue weighted by Crippen LogP contribution is -2.18. The molecular formula is C17H20ClN3O. The average Bonchev–Trinajstić information content (AvgIpc) is 2.51. The highest BCUT2D eigenvalue weighted by atomic mass is 35.5. The Morgan fingerprint density at radius 1 is 1.23 bits per heavy atom. The van der Waals surface area contributed by atoms with E-state index in [1.54, 1.807) is 12.1 Å². The van der Waals surface area contributed by atoms with Gasteiger partial charge in [-0.3, -0.25) is 4.79 Å². The molecule has 1 fully saturated rings. The minimum absolute atomic E-state index is 0.0260. The molecule has 0 spiro atoms. The third kappa shape index (κ3) is 3.33. The lowest BCUT2D eigenvalue weighted by molar-refractivity contribution is -0.117. The third-order valence-electron chi connectivity index (χ3n) is 4.31. The summed E-state index contributed by atoms with van der Waals surface area (Å²) in [6.07, 6.45) is 6.62. The van der Waals surface area contributed by atoms with Crippen LogP contribution in [-0.4, -0.2) is 10.9 Å². The van der Waals surface area contributed by atoms with Gasteiger partial charge in [-0.25, -0.2) is 4.98 Å². The topological polar surface area (TPSA) is 68.0 Å². The van der Waals surface area contributed by atoms with Crippen LogP contribution in [0.15, 0.2) is 24.3 Å². The van der Waals surface area contributed by atoms with Gasteiger partial charge in [-0.2, -0.15) is 0 Å². The molecule has 1 aromatic heterocycles. The van der Waals surface area contributed by atoms with Crippen molar-refractivity contribution in [1.82, 2.24) is 4.98 Å². The Balaban J connectivity index is 1.80. The van der Waals surface area contributed by atoms with E-state index in [2.05, 4.69) is 10.3 Å². The maximum atomic E-state index is 12.3. The van der Waals surface area contributed by atoms with E-state index in [1.807, 2.05) is 12.1 Å². The third-order valence-corrected chi connectivity index (χ3v) is 4.62. The molecule has 1 heterocycles. The molecule has 22 heavy (non-hydrogen) atoms. The lowest BCUT2D eigenvalue weighted by Gasteiger charge is -2.21. The predicted octanol–water partition coefficient (Wildman–Crippen LogP) is 4.38. The van der Waals surface area contributed by atoms with E-state index in [9.17, 15) is 4.79 Å². The zero-order valence-electron chi connectivity index (χ0n) is 12.4. The van der Waals surface area contributed by atoms with Gasteiger partial charge in [0.05, 0.1) is 16.2 Å². The van der Waals surface area contributed by atoms with Crippen molar-refractivity contribution in [2.75, 3.05) is 11.1 Å². The standard InChI is InChI=1S/C17H20ClN3O/c18-13-7-8-14-12(6-9-15(19)20-14)17(13)21-16(22)10-11-4-2-1-3-5-11/h6-9,11H,1-5,10H2,(H2,19,20)(H,21,22). The zero-order chi connectivity index (χ0) is 15.5. The van der Waals surface area contributed by atoms with Gasteiger partial charge in [0, 0.05) is 11.8 Å². The van der Waals surface area contributed by atoms with Gasteiger partial charge in [-0.05, 0) is 43.0 Å². The number of nitrogens with two attached hydrogens (primary N) is 1. The first kappa shape index (κ1) is 15.1. The van der Waals surface area contributed by atoms with Crippen molar-refractivity contribution >= 4 is 39.9 Å². The van der Waals surface area contributed by atoms with Crippen LogP contribution in [0.25, 0.3) is 10.9 Å². The molecule has 3 N–H and O–H groups in total. The van der Waals surface area contributed by atoms with Crippen molar-refractivity contribution in [3.8, 4) is 0 Å². The van der Waals surface area contributed by atoms with Crippen LogP contribution in [0.5, 0.6) is 0 Å². The molecule has 2 aromatic rings. The Labute approximate surface area is 135 Å². The molecule has 1 aliphatic rings. The number of hydrogen-bond donors (Lipinski definition) is 2. The number of nitrogens with one attached hydrogen (secondary N) is 1. The van der Waals surface area contributed by atoms with Crippen LogP contribution in [-0.2, 0) is 4.79 Å². The highest BCUT2D eigenvalue weighted by molar-refractivity contribution is 6.35. The predicted molar refractivity (Wildman–Crippen MR) is 91.0 cm³/mol. The van der Waals surface area contributed by atoms with Crippen LogP contribution >= 0.6 is 11.6 Å². The summed E-state index contributed by atoms with van der Waals surface area (Å²) in [6.45, 7) is 0. The van der Waals surface area contributed by atoms with E-state index in [0.29, 0.717) is 28.9 Å². The molecule has 1 aromatic carbocycles. The second kappa shape index (κ2) is 6.53. The average molecular weight is 318 g/mol. The fourth-order valence-electron chi connectivity index (χ4n) is 3.16. The number of anilines is 2. The van der Waals surface area contributed by atoms with Crippen LogP contribution < -0.4 is 11.1 Å². The van der Waals surface area contributed by atoms with Crippen molar-refractivity contribution in [3.63, 3.8) is 0 Å². The van der Waals surface area contributed by atoms with Gasteiger partial charge in [0.1, 0.15) is 5.82 Å². The summed E-state index contributed by atoms with van der Waals surface area (Å²) in [7, 11) is 0. The quantitative estimate of drug-likeness (QED) is 0.882. The molecule has 5 heteroatoms. The van der Waals surface area contributed by atoms with Crippen LogP contribution in [0.2, 0.25) is 5.02 Å². The number of hydrogen-bond acceptors (Lipinski definition) is 3. The number of halogens is 1. The van der Waals surface area contributed by atoms with Gasteiger partial charge in [0.2, 0.25) is 5.91 Å². The van der Waals surface area contributed by atoms with Crippen LogP contribution in [0.4, 0.5) is 11.5 Å². The van der Waals surface area contributed by atoms with Crippen molar-refractivity contribution in [1.29, 1.82) is 0 Å². The smallest absolute Gasteiger partial charge is 0.224 e. The number of nitrogen functional groups attached to an aromatic ring is 1. The number of amides is 1. The van der Waals surface area contributed by atoms with E-state index < -0.39 is 0 Å². The second-order valence-corrected chi connectivity index (χ2v) is 6.39. The van der Waals surface area contributed by atoms with Crippen molar-refractivity contribution < 1.29 is 4.79 Å². The molecule has 0 radical (unpaired) electrons. The Morgan fingerprint density at radius 2 is 2.00 bits per heavy atom. The molecule has 116 valence electrons. The van der Waals surface area contributed by atoms with E-state index in [0.717, 1.165) is 23.7 Å². The normalized spacial score (nSPS) is 15.9. The Bertz CT molecular complexity index is 696. The van der Waals surface area contributed by atoms with Crippen LogP contribution in [0.1, 0.15) is 38.5 Å². The summed E-state index contributed by atoms with van der Waals surface area (Å²) in [5.41, 5.74) is 7.07. The number of rotatable bonds is 3. The number of pyridine rings is 1. The van der Waals surface area contributed by atoms with Crippen molar-refractivity contribution in [3.05, 3.63) is 29.3 Å². The molecule has 1 amide bonds. The summed E-state index contributed by atoms with van der Waals surface area (Å²) in [6, 6.07) is 7.12. The van der Waals surface area contributed by atoms with E-state index in [1.165, 1.54) is 19.3 Å². The van der Waals surface area contributed by atoms with E-state index in [-0.39, 0.29) is 5.91 Å². The van der Waals surface area contributed by atoms with Crippen LogP contribution in [0.3, 0.4) is 0 Å². The van der Waals surface area contributed by atoms with E-state index in [4.69, 9.17) is 17.3 Å². The molecule has 0 saturated heterocycles. The highest BCUT2D eigenvalue weighted by Crippen LogP contribution is 2.32. The highest BCUT2D eigenvalue weighted by Gasteiger charge is 2.18. The second-order valence-electron chi connectivity index (χ2n) is 5.98. The van der Waals surface area contributed by atoms with Crippen molar-refractivity contribution in [2.24, 2.45) is 5.92 Å². The first-order chi connectivity index (χ1) is 10.6. The number of benzene rings is 1. The number of nitrogens with zero attached hydrogens (tertiary/aromatic N) is 1. The Kier molecular flexibility index (Phi) is 4.48. The molecule has 0 atom stereocenters. The molecule has 0 aliphatic heterocycles. The summed E-state index contributed by atoms with van der Waals surface area (Å²) in [5.74, 6) is 0.976. The summed E-state index contributed by atoms with van der Waals surface area (Å²) < 4.78 is 0. The molecule has 4 nitrogen and oxygen atoms in total. The first-order valence-corrected chi connectivity index (χ1v) is 8.16. The molecule has 0 unspecified atom stereocenters. The van der Waals surface area contributed by atoms with Gasteiger partial charge in [0.25, 0.3) is 0 Å². The number of carbonyl (C=O) groups is 1. The molecule has 3 rings (SSSR count). The Morgan fingerprint density at radius 3 is 2.77 bits per heavy atom. The van der Waals surface area contributed by atoms with Crippen molar-refractivity contribution in [2.45, 2.75) is 38.5 Å². The van der Waals surface area contributed by atoms with Gasteiger partial charge in [0.15, 0.2) is 0 Å². The van der Waals surface area contributed by atoms with Gasteiger partial charge in [-0.1, -0.05) is 30.9 Å². The summed E-state index contributed by atoms with van der Waals surface area (Å²) in [5, 5.41) is 4.31. The monoisotopic (exact) mass is 317 g/mol. The van der Waals surface area contributed by atoms with Gasteiger partial charge < -0.3 is 11.1 Å². The maximum absolute atomic E-state index is 12.3. The SMILES string of the molecule is Nc1ccc2c(NC(=O)CC3CCCCC3)c(Cl)ccc2n1. The molecule has 1 aliphatic carbocycles. The fraction of sp³-hybridized carbons (Fsp3) is 0.412. The van der Waals surface area contributed by atoms with Gasteiger partial charge >= 0.3 is 0 Å². The van der Waals surface area contributed by atoms with Crippen LogP contribution in [0, 0.1) is 5.92 Å². The number of fused-ring (bicyclic) bond motifs is 1. The number of carbonyl (C=O) groups excluding carboxylic acids is 1. The summed E-state index contributed by atoms with van der Waals surface area (Å²) in [4.78, 5) is 16.6. The largest absolute Gasteiger partial charge is 0.384 e. The number of aromatic nitrogens is 1. The molecule has 1 saturated carbocycles. The first-order valence-electron chi connectivity index (χ1n) is 7.78. The Hall–Kier alpha value is -1.81. The minimum atomic E-state index is 0.0260. The summed E-state index contributed by atoms with van der Waals surface area (Å²) >= 11 is 6.26. The maximum Gasteiger partial charge on any atom is 0.224 e. The zero-order valence-corrected chi connectivity index (χ0v) is 13.2. The lowest BCUT2D eigenvalue weighted by atomic mass is 9.87. The van der Waals surface area contributed by atoms with Gasteiger partial charge in [-0.15, -0.1) is 0 Å². The minimum Gasteiger partial charge on any atom is -0.384 e. The fourth-order valence-corrected chi connectivity index (χ4v) is 3.38. The molecular weight excluding hydrogens is 298 g/mol.